The number of anilines is 1. The summed E-state index contributed by atoms with van der Waals surface area (Å²) in [6.07, 6.45) is -1.12. The lowest BCUT2D eigenvalue weighted by atomic mass is 10.00. The molecular formula is C14H12N2O6. The summed E-state index contributed by atoms with van der Waals surface area (Å²) in [5.41, 5.74) is 0.180. The number of carbonyl (C=O) groups is 3. The van der Waals surface area contributed by atoms with E-state index in [1.54, 1.807) is 24.3 Å². The first kappa shape index (κ1) is 14.1. The molecule has 114 valence electrons. The number of methoxy groups -OCH3 is 2. The lowest BCUT2D eigenvalue weighted by Crippen LogP contribution is -2.34. The van der Waals surface area contributed by atoms with Crippen LogP contribution in [0.1, 0.15) is 0 Å². The highest BCUT2D eigenvalue weighted by atomic mass is 16.7. The lowest BCUT2D eigenvalue weighted by molar-refractivity contribution is -0.133. The van der Waals surface area contributed by atoms with Gasteiger partial charge in [-0.15, -0.1) is 0 Å². The minimum absolute atomic E-state index is 0.193. The van der Waals surface area contributed by atoms with Gasteiger partial charge >= 0.3 is 5.97 Å². The second kappa shape index (κ2) is 5.14. The SMILES string of the molecule is COC(=O)C1=NO[C@H]2C(=O)N(c3ccc(OC)cc3)C(=O)[C@H]12. The van der Waals surface area contributed by atoms with Crippen molar-refractivity contribution >= 4 is 29.2 Å². The van der Waals surface area contributed by atoms with Crippen molar-refractivity contribution in [1.82, 2.24) is 0 Å². The highest BCUT2D eigenvalue weighted by molar-refractivity contribution is 6.46. The van der Waals surface area contributed by atoms with Gasteiger partial charge in [0, 0.05) is 0 Å². The molecule has 0 radical (unpaired) electrons. The second-order valence-corrected chi connectivity index (χ2v) is 4.68. The van der Waals surface area contributed by atoms with Crippen LogP contribution in [0.2, 0.25) is 0 Å². The van der Waals surface area contributed by atoms with Gasteiger partial charge in [0.1, 0.15) is 11.7 Å². The van der Waals surface area contributed by atoms with E-state index >= 15 is 0 Å². The topological polar surface area (TPSA) is 94.5 Å². The minimum Gasteiger partial charge on any atom is -0.497 e. The molecule has 3 rings (SSSR count). The smallest absolute Gasteiger partial charge is 0.356 e. The maximum atomic E-state index is 12.5. The molecule has 0 aromatic heterocycles. The Hall–Kier alpha value is -2.90. The van der Waals surface area contributed by atoms with Crippen molar-refractivity contribution in [2.45, 2.75) is 6.10 Å². The zero-order valence-electron chi connectivity index (χ0n) is 11.8. The summed E-state index contributed by atoms with van der Waals surface area (Å²) in [4.78, 5) is 42.3. The third kappa shape index (κ3) is 1.92. The molecule has 1 aromatic carbocycles. The first-order valence-corrected chi connectivity index (χ1v) is 6.42. The van der Waals surface area contributed by atoms with Gasteiger partial charge in [0.05, 0.1) is 19.9 Å². The highest BCUT2D eigenvalue weighted by Gasteiger charge is 2.57. The predicted molar refractivity (Wildman–Crippen MR) is 73.3 cm³/mol. The van der Waals surface area contributed by atoms with E-state index < -0.39 is 29.8 Å². The van der Waals surface area contributed by atoms with Gasteiger partial charge in [0.15, 0.2) is 5.71 Å². The molecule has 2 heterocycles. The second-order valence-electron chi connectivity index (χ2n) is 4.68. The number of nitrogens with zero attached hydrogens (tertiary/aromatic N) is 2. The van der Waals surface area contributed by atoms with Gasteiger partial charge < -0.3 is 14.3 Å². The Bertz CT molecular complexity index is 681. The van der Waals surface area contributed by atoms with Crippen molar-refractivity contribution in [2.75, 3.05) is 19.1 Å². The van der Waals surface area contributed by atoms with Crippen LogP contribution in [0.3, 0.4) is 0 Å². The third-order valence-electron chi connectivity index (χ3n) is 3.54. The molecule has 8 nitrogen and oxygen atoms in total. The maximum absolute atomic E-state index is 12.5. The van der Waals surface area contributed by atoms with Crippen LogP contribution in [0.5, 0.6) is 5.75 Å². The van der Waals surface area contributed by atoms with Gasteiger partial charge in [-0.3, -0.25) is 9.59 Å². The van der Waals surface area contributed by atoms with Crippen molar-refractivity contribution in [3.05, 3.63) is 24.3 Å². The lowest BCUT2D eigenvalue weighted by Gasteiger charge is -2.15. The molecule has 0 spiro atoms. The van der Waals surface area contributed by atoms with Crippen molar-refractivity contribution in [3.8, 4) is 5.75 Å². The van der Waals surface area contributed by atoms with Gasteiger partial charge in [-0.05, 0) is 24.3 Å². The van der Waals surface area contributed by atoms with E-state index in [0.29, 0.717) is 11.4 Å². The Kier molecular flexibility index (Phi) is 3.28. The molecule has 0 bridgehead atoms. The van der Waals surface area contributed by atoms with Crippen LogP contribution in [0.25, 0.3) is 0 Å². The number of oxime groups is 1. The largest absolute Gasteiger partial charge is 0.497 e. The summed E-state index contributed by atoms with van der Waals surface area (Å²) < 4.78 is 9.58. The Balaban J connectivity index is 1.92. The van der Waals surface area contributed by atoms with E-state index in [4.69, 9.17) is 9.57 Å². The molecule has 0 saturated carbocycles. The Morgan fingerprint density at radius 1 is 1.18 bits per heavy atom. The molecule has 2 amide bonds. The zero-order valence-corrected chi connectivity index (χ0v) is 11.8. The molecule has 8 heteroatoms. The van der Waals surface area contributed by atoms with Gasteiger partial charge in [0.2, 0.25) is 12.0 Å². The number of amides is 2. The molecule has 0 N–H and O–H groups in total. The van der Waals surface area contributed by atoms with Gasteiger partial charge in [-0.25, -0.2) is 9.69 Å². The summed E-state index contributed by atoms with van der Waals surface area (Å²) in [6, 6.07) is 6.40. The molecule has 0 aliphatic carbocycles. The number of carbonyl (C=O) groups excluding carboxylic acids is 3. The van der Waals surface area contributed by atoms with E-state index in [1.165, 1.54) is 14.2 Å². The molecule has 22 heavy (non-hydrogen) atoms. The average molecular weight is 304 g/mol. The van der Waals surface area contributed by atoms with Crippen molar-refractivity contribution in [1.29, 1.82) is 0 Å². The Morgan fingerprint density at radius 2 is 1.86 bits per heavy atom. The first-order chi connectivity index (χ1) is 10.6. The molecule has 2 aliphatic heterocycles. The van der Waals surface area contributed by atoms with Crippen LogP contribution in [-0.2, 0) is 24.0 Å². The number of benzene rings is 1. The molecule has 2 aliphatic rings. The van der Waals surface area contributed by atoms with Crippen LogP contribution >= 0.6 is 0 Å². The number of hydrogen-bond donors (Lipinski definition) is 0. The number of fused-ring (bicyclic) bond motifs is 1. The van der Waals surface area contributed by atoms with E-state index in [1.807, 2.05) is 0 Å². The van der Waals surface area contributed by atoms with E-state index in [9.17, 15) is 14.4 Å². The Labute approximate surface area is 125 Å². The molecule has 2 atom stereocenters. The van der Waals surface area contributed by atoms with Crippen LogP contribution in [-0.4, -0.2) is 43.8 Å². The fourth-order valence-electron chi connectivity index (χ4n) is 2.44. The normalized spacial score (nSPS) is 23.0. The van der Waals surface area contributed by atoms with Crippen molar-refractivity contribution in [2.24, 2.45) is 11.1 Å². The standard InChI is InChI=1S/C14H12N2O6/c1-20-8-5-3-7(4-6-8)16-12(17)9-10(14(19)21-2)15-22-11(9)13(16)18/h3-6,9,11H,1-2H3/t9-,11-/m1/s1. The summed E-state index contributed by atoms with van der Waals surface area (Å²) >= 11 is 0. The summed E-state index contributed by atoms with van der Waals surface area (Å²) in [5.74, 6) is -2.40. The fraction of sp³-hybridized carbons (Fsp3) is 0.286. The van der Waals surface area contributed by atoms with Gasteiger partial charge in [-0.1, -0.05) is 5.16 Å². The molecule has 1 saturated heterocycles. The van der Waals surface area contributed by atoms with Crippen LogP contribution in [0.4, 0.5) is 5.69 Å². The van der Waals surface area contributed by atoms with Crippen LogP contribution < -0.4 is 9.64 Å². The summed E-state index contributed by atoms with van der Waals surface area (Å²) in [7, 11) is 2.68. The third-order valence-corrected chi connectivity index (χ3v) is 3.54. The number of rotatable bonds is 3. The highest BCUT2D eigenvalue weighted by Crippen LogP contribution is 2.34. The summed E-state index contributed by atoms with van der Waals surface area (Å²) in [5, 5.41) is 3.50. The van der Waals surface area contributed by atoms with E-state index in [0.717, 1.165) is 4.90 Å². The fourth-order valence-corrected chi connectivity index (χ4v) is 2.44. The Morgan fingerprint density at radius 3 is 2.45 bits per heavy atom. The van der Waals surface area contributed by atoms with Crippen LogP contribution in [0.15, 0.2) is 29.4 Å². The van der Waals surface area contributed by atoms with E-state index in [2.05, 4.69) is 9.89 Å². The summed E-state index contributed by atoms with van der Waals surface area (Å²) in [6.45, 7) is 0. The minimum atomic E-state index is -1.12. The predicted octanol–water partition coefficient (Wildman–Crippen LogP) is 0.112. The number of imide groups is 1. The average Bonchev–Trinajstić information content (AvgIpc) is 3.08. The van der Waals surface area contributed by atoms with E-state index in [-0.39, 0.29) is 5.71 Å². The molecule has 0 unspecified atom stereocenters. The molecular weight excluding hydrogens is 292 g/mol. The maximum Gasteiger partial charge on any atom is 0.356 e. The first-order valence-electron chi connectivity index (χ1n) is 6.42. The van der Waals surface area contributed by atoms with Crippen molar-refractivity contribution in [3.63, 3.8) is 0 Å². The zero-order chi connectivity index (χ0) is 15.9. The number of hydrogen-bond acceptors (Lipinski definition) is 7. The molecule has 1 fully saturated rings. The number of ether oxygens (including phenoxy) is 2. The van der Waals surface area contributed by atoms with Crippen LogP contribution in [0, 0.1) is 5.92 Å². The molecule has 1 aromatic rings. The van der Waals surface area contributed by atoms with Gasteiger partial charge in [0.25, 0.3) is 5.91 Å². The number of esters is 1. The van der Waals surface area contributed by atoms with Crippen molar-refractivity contribution < 1.29 is 28.7 Å². The van der Waals surface area contributed by atoms with Gasteiger partial charge in [-0.2, -0.15) is 0 Å². The monoisotopic (exact) mass is 304 g/mol. The quantitative estimate of drug-likeness (QED) is 0.581.